The second kappa shape index (κ2) is 7.50. The standard InChI is InChI=1S/C24H21NO2/c1-3-17-9-14-23-21(15-17)22(25-19-10-12-20(26-2)13-11-19)16-24(27-23)18-7-5-4-6-8-18/h4-16H,3H2,1-2H3. The number of hydrogen-bond acceptors (Lipinski definition) is 3. The quantitative estimate of drug-likeness (QED) is 0.456. The molecule has 0 radical (unpaired) electrons. The zero-order valence-corrected chi connectivity index (χ0v) is 15.5. The van der Waals surface area contributed by atoms with Crippen LogP contribution in [0, 0.1) is 0 Å². The maximum atomic E-state index is 6.18. The van der Waals surface area contributed by atoms with Gasteiger partial charge in [-0.3, -0.25) is 0 Å². The fraction of sp³-hybridized carbons (Fsp3) is 0.125. The average molecular weight is 355 g/mol. The van der Waals surface area contributed by atoms with Gasteiger partial charge in [0, 0.05) is 17.0 Å². The highest BCUT2D eigenvalue weighted by Gasteiger charge is 2.07. The van der Waals surface area contributed by atoms with Gasteiger partial charge in [0.2, 0.25) is 0 Å². The van der Waals surface area contributed by atoms with Crippen molar-refractivity contribution in [2.45, 2.75) is 13.3 Å². The van der Waals surface area contributed by atoms with Crippen LogP contribution in [0.15, 0.2) is 88.3 Å². The van der Waals surface area contributed by atoms with Gasteiger partial charge in [0.25, 0.3) is 0 Å². The van der Waals surface area contributed by atoms with Crippen LogP contribution in [0.4, 0.5) is 5.69 Å². The van der Waals surface area contributed by atoms with Crippen molar-refractivity contribution in [3.8, 4) is 17.1 Å². The first kappa shape index (κ1) is 17.1. The Kier molecular flexibility index (Phi) is 4.75. The Labute approximate surface area is 158 Å². The highest BCUT2D eigenvalue weighted by atomic mass is 16.5. The number of benzene rings is 3. The van der Waals surface area contributed by atoms with E-state index in [2.05, 4.69) is 19.1 Å². The molecule has 3 nitrogen and oxygen atoms in total. The second-order valence-corrected chi connectivity index (χ2v) is 6.36. The maximum Gasteiger partial charge on any atom is 0.136 e. The second-order valence-electron chi connectivity index (χ2n) is 6.36. The molecule has 0 unspecified atom stereocenters. The third-order valence-corrected chi connectivity index (χ3v) is 4.60. The summed E-state index contributed by atoms with van der Waals surface area (Å²) in [5.41, 5.74) is 4.01. The summed E-state index contributed by atoms with van der Waals surface area (Å²) < 4.78 is 11.4. The number of nitrogens with zero attached hydrogens (tertiary/aromatic N) is 1. The third kappa shape index (κ3) is 3.63. The average Bonchev–Trinajstić information content (AvgIpc) is 2.74. The summed E-state index contributed by atoms with van der Waals surface area (Å²) in [6.45, 7) is 2.15. The van der Waals surface area contributed by atoms with Gasteiger partial charge < -0.3 is 9.15 Å². The molecule has 0 bridgehead atoms. The van der Waals surface area contributed by atoms with E-state index in [1.54, 1.807) is 7.11 Å². The molecule has 0 fully saturated rings. The van der Waals surface area contributed by atoms with Gasteiger partial charge in [-0.25, -0.2) is 4.99 Å². The van der Waals surface area contributed by atoms with E-state index >= 15 is 0 Å². The van der Waals surface area contributed by atoms with Gasteiger partial charge in [-0.05, 0) is 48.4 Å². The topological polar surface area (TPSA) is 34.7 Å². The summed E-state index contributed by atoms with van der Waals surface area (Å²) in [6, 6.07) is 26.2. The number of fused-ring (bicyclic) bond motifs is 1. The lowest BCUT2D eigenvalue weighted by atomic mass is 10.1. The Morgan fingerprint density at radius 2 is 1.67 bits per heavy atom. The summed E-state index contributed by atoms with van der Waals surface area (Å²) in [5.74, 6) is 1.62. The molecule has 4 rings (SSSR count). The number of ether oxygens (including phenoxy) is 1. The minimum Gasteiger partial charge on any atom is -0.497 e. The molecule has 134 valence electrons. The van der Waals surface area contributed by atoms with Crippen molar-refractivity contribution in [1.29, 1.82) is 0 Å². The molecular formula is C24H21NO2. The molecule has 3 aromatic carbocycles. The fourth-order valence-corrected chi connectivity index (χ4v) is 3.07. The fourth-order valence-electron chi connectivity index (χ4n) is 3.07. The summed E-state index contributed by atoms with van der Waals surface area (Å²) in [7, 11) is 1.66. The maximum absolute atomic E-state index is 6.18. The molecule has 3 heteroatoms. The highest BCUT2D eigenvalue weighted by molar-refractivity contribution is 5.79. The predicted octanol–water partition coefficient (Wildman–Crippen LogP) is 5.90. The molecule has 0 saturated carbocycles. The van der Waals surface area contributed by atoms with Gasteiger partial charge in [0.15, 0.2) is 0 Å². The minimum absolute atomic E-state index is 0.805. The van der Waals surface area contributed by atoms with Gasteiger partial charge in [0.05, 0.1) is 18.2 Å². The van der Waals surface area contributed by atoms with E-state index in [1.165, 1.54) is 5.56 Å². The molecule has 0 atom stereocenters. The first-order valence-electron chi connectivity index (χ1n) is 9.08. The molecule has 27 heavy (non-hydrogen) atoms. The predicted molar refractivity (Wildman–Crippen MR) is 109 cm³/mol. The van der Waals surface area contributed by atoms with Crippen molar-refractivity contribution in [1.82, 2.24) is 0 Å². The molecule has 0 amide bonds. The van der Waals surface area contributed by atoms with Crippen LogP contribution >= 0.6 is 0 Å². The van der Waals surface area contributed by atoms with Crippen LogP contribution in [0.5, 0.6) is 5.75 Å². The molecule has 0 aliphatic rings. The van der Waals surface area contributed by atoms with Crippen molar-refractivity contribution in [3.05, 3.63) is 89.8 Å². The molecule has 0 aliphatic heterocycles. The lowest BCUT2D eigenvalue weighted by Gasteiger charge is -2.07. The van der Waals surface area contributed by atoms with Crippen LogP contribution in [0.2, 0.25) is 0 Å². The number of rotatable bonds is 4. The van der Waals surface area contributed by atoms with Crippen LogP contribution in [0.3, 0.4) is 0 Å². The zero-order chi connectivity index (χ0) is 18.6. The molecule has 1 heterocycles. The molecule has 4 aromatic rings. The summed E-state index contributed by atoms with van der Waals surface area (Å²) in [5, 5.41) is 1.92. The molecule has 0 aliphatic carbocycles. The Morgan fingerprint density at radius 1 is 0.889 bits per heavy atom. The lowest BCUT2D eigenvalue weighted by molar-refractivity contribution is 0.415. The Morgan fingerprint density at radius 3 is 2.37 bits per heavy atom. The Hall–Kier alpha value is -3.33. The number of methoxy groups -OCH3 is 1. The smallest absolute Gasteiger partial charge is 0.136 e. The van der Waals surface area contributed by atoms with E-state index in [0.717, 1.165) is 45.5 Å². The lowest BCUT2D eigenvalue weighted by Crippen LogP contribution is -2.04. The van der Waals surface area contributed by atoms with Crippen molar-refractivity contribution in [2.24, 2.45) is 4.99 Å². The van der Waals surface area contributed by atoms with E-state index < -0.39 is 0 Å². The molecular weight excluding hydrogens is 334 g/mol. The van der Waals surface area contributed by atoms with Gasteiger partial charge >= 0.3 is 0 Å². The normalized spacial score (nSPS) is 11.7. The Bertz CT molecular complexity index is 1130. The summed E-state index contributed by atoms with van der Waals surface area (Å²) in [4.78, 5) is 4.89. The largest absolute Gasteiger partial charge is 0.497 e. The first-order valence-corrected chi connectivity index (χ1v) is 9.08. The van der Waals surface area contributed by atoms with Gasteiger partial charge in [-0.1, -0.05) is 43.3 Å². The van der Waals surface area contributed by atoms with Gasteiger partial charge in [-0.15, -0.1) is 0 Å². The van der Waals surface area contributed by atoms with Crippen molar-refractivity contribution >= 4 is 16.7 Å². The van der Waals surface area contributed by atoms with Crippen LogP contribution < -0.4 is 10.1 Å². The van der Waals surface area contributed by atoms with E-state index in [0.29, 0.717) is 0 Å². The molecule has 0 N–H and O–H groups in total. The van der Waals surface area contributed by atoms with Crippen LogP contribution in [-0.2, 0) is 6.42 Å². The van der Waals surface area contributed by atoms with Crippen LogP contribution in [-0.4, -0.2) is 7.11 Å². The monoisotopic (exact) mass is 355 g/mol. The van der Waals surface area contributed by atoms with Crippen LogP contribution in [0.25, 0.3) is 22.3 Å². The SMILES string of the molecule is CCc1ccc2oc(-c3ccccc3)cc(=Nc3ccc(OC)cc3)c2c1. The van der Waals surface area contributed by atoms with E-state index in [4.69, 9.17) is 14.1 Å². The van der Waals surface area contributed by atoms with Gasteiger partial charge in [-0.2, -0.15) is 0 Å². The third-order valence-electron chi connectivity index (χ3n) is 4.60. The molecule has 0 spiro atoms. The minimum atomic E-state index is 0.805. The van der Waals surface area contributed by atoms with E-state index in [9.17, 15) is 0 Å². The van der Waals surface area contributed by atoms with Crippen molar-refractivity contribution < 1.29 is 9.15 Å². The van der Waals surface area contributed by atoms with Gasteiger partial charge in [0.1, 0.15) is 17.1 Å². The summed E-state index contributed by atoms with van der Waals surface area (Å²) >= 11 is 0. The first-order chi connectivity index (χ1) is 13.3. The summed E-state index contributed by atoms with van der Waals surface area (Å²) in [6.07, 6.45) is 0.971. The number of aryl methyl sites for hydroxylation is 1. The van der Waals surface area contributed by atoms with E-state index in [-0.39, 0.29) is 0 Å². The van der Waals surface area contributed by atoms with Crippen molar-refractivity contribution in [3.63, 3.8) is 0 Å². The zero-order valence-electron chi connectivity index (χ0n) is 15.5. The molecule has 0 saturated heterocycles. The highest BCUT2D eigenvalue weighted by Crippen LogP contribution is 2.24. The molecule has 1 aromatic heterocycles. The number of hydrogen-bond donors (Lipinski definition) is 0. The Balaban J connectivity index is 1.95. The van der Waals surface area contributed by atoms with Crippen LogP contribution in [0.1, 0.15) is 12.5 Å². The van der Waals surface area contributed by atoms with E-state index in [1.807, 2.05) is 66.7 Å². The van der Waals surface area contributed by atoms with Crippen molar-refractivity contribution in [2.75, 3.05) is 7.11 Å².